The van der Waals surface area contributed by atoms with Gasteiger partial charge in [0.25, 0.3) is 0 Å². The molecule has 0 spiro atoms. The molecule has 3 nitrogen and oxygen atoms in total. The van der Waals surface area contributed by atoms with Crippen LogP contribution in [0.15, 0.2) is 6.20 Å². The average molecular weight is 132 g/mol. The number of nitrogens with two attached hydrogens (primary N) is 1. The van der Waals surface area contributed by atoms with Crippen molar-refractivity contribution in [2.75, 3.05) is 5.73 Å². The van der Waals surface area contributed by atoms with E-state index in [0.29, 0.717) is 5.69 Å². The second-order valence-corrected chi connectivity index (χ2v) is 1.87. The van der Waals surface area contributed by atoms with Gasteiger partial charge in [-0.25, -0.2) is 0 Å². The lowest BCUT2D eigenvalue weighted by Crippen LogP contribution is -1.87. The molecule has 0 aliphatic heterocycles. The Balaban J connectivity index is 3.19. The van der Waals surface area contributed by atoms with Crippen LogP contribution in [-0.2, 0) is 0 Å². The highest BCUT2D eigenvalue weighted by Crippen LogP contribution is 2.08. The van der Waals surface area contributed by atoms with Gasteiger partial charge in [0.05, 0.1) is 17.6 Å². The fraction of sp³-hybridized carbons (Fsp3) is 0.250. The fourth-order valence-corrected chi connectivity index (χ4v) is 0.541. The highest BCUT2D eigenvalue weighted by molar-refractivity contribution is 6.15. The molecule has 1 rings (SSSR count). The number of hydrogen-bond donors (Lipinski definition) is 1. The van der Waals surface area contributed by atoms with Crippen LogP contribution in [0, 0.1) is 6.92 Å². The fourth-order valence-electron chi connectivity index (χ4n) is 0.399. The van der Waals surface area contributed by atoms with Crippen molar-refractivity contribution < 1.29 is 0 Å². The smallest absolute Gasteiger partial charge is 0.0771 e. The first-order valence-corrected chi connectivity index (χ1v) is 2.52. The molecule has 2 N–H and O–H groups in total. The first-order chi connectivity index (χ1) is 3.72. The number of rotatable bonds is 0. The van der Waals surface area contributed by atoms with Crippen molar-refractivity contribution in [3.8, 4) is 0 Å². The predicted molar refractivity (Wildman–Crippen MR) is 32.6 cm³/mol. The number of nitrogen functional groups attached to an aromatic ring is 1. The van der Waals surface area contributed by atoms with Crippen molar-refractivity contribution in [2.24, 2.45) is 0 Å². The van der Waals surface area contributed by atoms with E-state index >= 15 is 0 Å². The molecule has 0 aliphatic carbocycles. The molecule has 0 atom stereocenters. The maximum absolute atomic E-state index is 5.46. The zero-order valence-electron chi connectivity index (χ0n) is 4.43. The molecule has 0 fully saturated rings. The summed E-state index contributed by atoms with van der Waals surface area (Å²) < 4.78 is 1.22. The maximum atomic E-state index is 5.46. The summed E-state index contributed by atoms with van der Waals surface area (Å²) in [5, 5.41) is 3.67. The van der Waals surface area contributed by atoms with Crippen LogP contribution >= 0.6 is 11.8 Å². The van der Waals surface area contributed by atoms with Crippen molar-refractivity contribution in [3.05, 3.63) is 11.9 Å². The molecule has 0 radical (unpaired) electrons. The maximum Gasteiger partial charge on any atom is 0.0771 e. The minimum absolute atomic E-state index is 0.625. The molecule has 44 valence electrons. The van der Waals surface area contributed by atoms with Gasteiger partial charge >= 0.3 is 0 Å². The Labute approximate surface area is 52.2 Å². The number of halogens is 1. The van der Waals surface area contributed by atoms with Gasteiger partial charge in [0.1, 0.15) is 0 Å². The van der Waals surface area contributed by atoms with Crippen molar-refractivity contribution >= 4 is 17.5 Å². The van der Waals surface area contributed by atoms with Crippen LogP contribution in [0.4, 0.5) is 5.69 Å². The Bertz CT molecular complexity index is 174. The average Bonchev–Trinajstić information content (AvgIpc) is 1.98. The molecule has 0 aromatic carbocycles. The summed E-state index contributed by atoms with van der Waals surface area (Å²) in [6.07, 6.45) is 1.52. The summed E-state index contributed by atoms with van der Waals surface area (Å²) in [7, 11) is 0. The second-order valence-electron chi connectivity index (χ2n) is 1.55. The third kappa shape index (κ3) is 0.648. The van der Waals surface area contributed by atoms with E-state index in [1.54, 1.807) is 6.92 Å². The lowest BCUT2D eigenvalue weighted by Gasteiger charge is -1.87. The van der Waals surface area contributed by atoms with Gasteiger partial charge in [0.15, 0.2) is 0 Å². The first kappa shape index (κ1) is 5.44. The van der Waals surface area contributed by atoms with E-state index in [1.807, 2.05) is 0 Å². The highest BCUT2D eigenvalue weighted by atomic mass is 35.5. The summed E-state index contributed by atoms with van der Waals surface area (Å²) in [6.45, 7) is 1.80. The topological polar surface area (TPSA) is 43.8 Å². The van der Waals surface area contributed by atoms with Crippen LogP contribution in [0.1, 0.15) is 5.69 Å². The third-order valence-corrected chi connectivity index (χ3v) is 1.33. The zero-order chi connectivity index (χ0) is 6.15. The number of hydrogen-bond acceptors (Lipinski definition) is 2. The molecule has 0 unspecified atom stereocenters. The Morgan fingerprint density at radius 2 is 2.50 bits per heavy atom. The number of anilines is 1. The SMILES string of the molecule is Cc1c(N)cnn1Cl. The van der Waals surface area contributed by atoms with E-state index in [1.165, 1.54) is 10.4 Å². The zero-order valence-corrected chi connectivity index (χ0v) is 5.18. The van der Waals surface area contributed by atoms with Crippen molar-refractivity contribution in [1.29, 1.82) is 0 Å². The molecule has 1 aromatic rings. The monoisotopic (exact) mass is 131 g/mol. The summed E-state index contributed by atoms with van der Waals surface area (Å²) in [5.74, 6) is 0. The second kappa shape index (κ2) is 1.67. The standard InChI is InChI=1S/C4H6ClN3/c1-3-4(6)2-7-8(3)5/h2H,6H2,1H3. The molecule has 4 heteroatoms. The minimum atomic E-state index is 0.625. The Kier molecular flexibility index (Phi) is 1.13. The first-order valence-electron chi connectivity index (χ1n) is 2.18. The normalized spacial score (nSPS) is 9.75. The molecule has 8 heavy (non-hydrogen) atoms. The highest BCUT2D eigenvalue weighted by Gasteiger charge is 1.96. The molecule has 1 aromatic heterocycles. The molecule has 1 heterocycles. The Morgan fingerprint density at radius 1 is 1.88 bits per heavy atom. The molecular weight excluding hydrogens is 126 g/mol. The van der Waals surface area contributed by atoms with Crippen LogP contribution in [0.5, 0.6) is 0 Å². The van der Waals surface area contributed by atoms with Gasteiger partial charge in [-0.15, -0.1) is 0 Å². The van der Waals surface area contributed by atoms with Gasteiger partial charge in [-0.3, -0.25) is 0 Å². The minimum Gasteiger partial charge on any atom is -0.396 e. The van der Waals surface area contributed by atoms with E-state index < -0.39 is 0 Å². The van der Waals surface area contributed by atoms with Gasteiger partial charge in [-0.1, -0.05) is 0 Å². The van der Waals surface area contributed by atoms with Gasteiger partial charge in [-0.2, -0.15) is 9.30 Å². The Hall–Kier alpha value is -0.700. The van der Waals surface area contributed by atoms with Crippen LogP contribution in [0.2, 0.25) is 0 Å². The van der Waals surface area contributed by atoms with Gasteiger partial charge in [-0.05, 0) is 6.92 Å². The third-order valence-electron chi connectivity index (χ3n) is 0.993. The van der Waals surface area contributed by atoms with Crippen molar-refractivity contribution in [1.82, 2.24) is 9.30 Å². The van der Waals surface area contributed by atoms with E-state index in [0.717, 1.165) is 5.69 Å². The molecule has 0 amide bonds. The molecule has 0 saturated heterocycles. The molecule has 0 saturated carbocycles. The van der Waals surface area contributed by atoms with E-state index in [4.69, 9.17) is 17.5 Å². The van der Waals surface area contributed by atoms with E-state index in [-0.39, 0.29) is 0 Å². The molecular formula is C4H6ClN3. The van der Waals surface area contributed by atoms with Crippen LogP contribution in [0.25, 0.3) is 0 Å². The van der Waals surface area contributed by atoms with E-state index in [2.05, 4.69) is 5.10 Å². The number of aromatic nitrogens is 2. The van der Waals surface area contributed by atoms with Crippen molar-refractivity contribution in [3.63, 3.8) is 0 Å². The number of nitrogens with zero attached hydrogens (tertiary/aromatic N) is 2. The van der Waals surface area contributed by atoms with Crippen molar-refractivity contribution in [2.45, 2.75) is 6.92 Å². The van der Waals surface area contributed by atoms with E-state index in [9.17, 15) is 0 Å². The summed E-state index contributed by atoms with van der Waals surface area (Å²) in [5.41, 5.74) is 6.78. The van der Waals surface area contributed by atoms with Gasteiger partial charge < -0.3 is 5.73 Å². The summed E-state index contributed by atoms with van der Waals surface area (Å²) >= 11 is 5.46. The lowest BCUT2D eigenvalue weighted by atomic mass is 10.4. The lowest BCUT2D eigenvalue weighted by molar-refractivity contribution is 0.953. The quantitative estimate of drug-likeness (QED) is 0.566. The predicted octanol–water partition coefficient (Wildman–Crippen LogP) is 0.776. The van der Waals surface area contributed by atoms with Gasteiger partial charge in [0, 0.05) is 11.8 Å². The van der Waals surface area contributed by atoms with Crippen LogP contribution in [0.3, 0.4) is 0 Å². The molecule has 0 bridgehead atoms. The molecule has 0 aliphatic rings. The Morgan fingerprint density at radius 3 is 2.62 bits per heavy atom. The summed E-state index contributed by atoms with van der Waals surface area (Å²) in [6, 6.07) is 0. The van der Waals surface area contributed by atoms with Crippen LogP contribution < -0.4 is 5.73 Å². The summed E-state index contributed by atoms with van der Waals surface area (Å²) in [4.78, 5) is 0. The van der Waals surface area contributed by atoms with Crippen LogP contribution in [-0.4, -0.2) is 9.30 Å². The van der Waals surface area contributed by atoms with Gasteiger partial charge in [0.2, 0.25) is 0 Å². The largest absolute Gasteiger partial charge is 0.396 e.